The van der Waals surface area contributed by atoms with Crippen molar-refractivity contribution in [3.63, 3.8) is 0 Å². The summed E-state index contributed by atoms with van der Waals surface area (Å²) >= 11 is 0. The van der Waals surface area contributed by atoms with Crippen molar-refractivity contribution in [2.24, 2.45) is 5.16 Å². The maximum atomic E-state index is 9.91. The fourth-order valence-corrected chi connectivity index (χ4v) is 0.511. The first-order chi connectivity index (χ1) is 8.20. The summed E-state index contributed by atoms with van der Waals surface area (Å²) in [5.41, 5.74) is -0.785. The number of oxime groups is 1. The molecule has 18 heavy (non-hydrogen) atoms. The summed E-state index contributed by atoms with van der Waals surface area (Å²) in [6, 6.07) is 0. The van der Waals surface area contributed by atoms with Gasteiger partial charge in [-0.1, -0.05) is 5.16 Å². The largest absolute Gasteiger partial charge is 0.481 e. The second-order valence-electron chi connectivity index (χ2n) is 2.71. The van der Waals surface area contributed by atoms with Crippen LogP contribution in [0.15, 0.2) is 5.16 Å². The van der Waals surface area contributed by atoms with Crippen molar-refractivity contribution in [2.75, 3.05) is 0 Å². The van der Waals surface area contributed by atoms with Gasteiger partial charge in [-0.05, 0) is 0 Å². The first-order valence-electron chi connectivity index (χ1n) is 4.30. The first-order valence-corrected chi connectivity index (χ1v) is 4.30. The maximum Gasteiger partial charge on any atom is 0.354 e. The molecule has 0 aromatic rings. The van der Waals surface area contributed by atoms with Crippen molar-refractivity contribution in [1.29, 1.82) is 0 Å². The minimum Gasteiger partial charge on any atom is -0.481 e. The molecule has 0 unspecified atom stereocenters. The molecule has 0 atom stereocenters. The van der Waals surface area contributed by atoms with Gasteiger partial charge < -0.3 is 25.6 Å². The van der Waals surface area contributed by atoms with E-state index in [1.807, 2.05) is 0 Å². The standard InChI is InChI=1S/C4H5NO5.C4H6O4/c6-3(7)1-2(5-10)4(8)9;5-3(6)1-2-4(7)8/h10H,1H2,(H,6,7)(H,8,9);1-2H2,(H,5,6)(H,7,8). The quantitative estimate of drug-likeness (QED) is 0.235. The molecule has 0 amide bonds. The van der Waals surface area contributed by atoms with Crippen LogP contribution < -0.4 is 0 Å². The van der Waals surface area contributed by atoms with Crippen molar-refractivity contribution >= 4 is 29.6 Å². The van der Waals surface area contributed by atoms with Crippen LogP contribution in [-0.2, 0) is 19.2 Å². The van der Waals surface area contributed by atoms with E-state index in [0.29, 0.717) is 0 Å². The van der Waals surface area contributed by atoms with Gasteiger partial charge in [0.1, 0.15) is 0 Å². The highest BCUT2D eigenvalue weighted by Gasteiger charge is 2.13. The van der Waals surface area contributed by atoms with Crippen LogP contribution in [0.4, 0.5) is 0 Å². The zero-order valence-electron chi connectivity index (χ0n) is 8.94. The summed E-state index contributed by atoms with van der Waals surface area (Å²) in [4.78, 5) is 39.0. The average molecular weight is 265 g/mol. The smallest absolute Gasteiger partial charge is 0.354 e. The van der Waals surface area contributed by atoms with Crippen LogP contribution >= 0.6 is 0 Å². The van der Waals surface area contributed by atoms with Gasteiger partial charge in [0.25, 0.3) is 0 Å². The molecule has 0 spiro atoms. The SMILES string of the molecule is O=C(O)CC(=NO)C(=O)O.O=C(O)CCC(=O)O. The molecule has 0 rings (SSSR count). The maximum absolute atomic E-state index is 9.91. The summed E-state index contributed by atoms with van der Waals surface area (Å²) in [6.07, 6.45) is -1.38. The molecule has 0 aromatic carbocycles. The van der Waals surface area contributed by atoms with E-state index in [9.17, 15) is 19.2 Å². The predicted molar refractivity (Wildman–Crippen MR) is 53.6 cm³/mol. The van der Waals surface area contributed by atoms with Gasteiger partial charge in [-0.2, -0.15) is 0 Å². The topological polar surface area (TPSA) is 182 Å². The van der Waals surface area contributed by atoms with Gasteiger partial charge in [0.15, 0.2) is 5.71 Å². The molecule has 0 fully saturated rings. The number of hydrogen-bond donors (Lipinski definition) is 5. The van der Waals surface area contributed by atoms with Crippen molar-refractivity contribution in [2.45, 2.75) is 19.3 Å². The molecule has 0 saturated carbocycles. The lowest BCUT2D eigenvalue weighted by molar-refractivity contribution is -0.143. The number of rotatable bonds is 6. The van der Waals surface area contributed by atoms with E-state index in [0.717, 1.165) is 0 Å². The highest BCUT2D eigenvalue weighted by molar-refractivity contribution is 6.38. The summed E-state index contributed by atoms with van der Waals surface area (Å²) in [5, 5.41) is 42.0. The van der Waals surface area contributed by atoms with Gasteiger partial charge in [0.05, 0.1) is 19.3 Å². The minimum absolute atomic E-state index is 0.296. The third-order valence-electron chi connectivity index (χ3n) is 1.24. The molecule has 0 heterocycles. The molecule has 0 aromatic heterocycles. The molecule has 10 nitrogen and oxygen atoms in total. The number of nitrogens with zero attached hydrogens (tertiary/aromatic N) is 1. The molecule has 0 aliphatic carbocycles. The third kappa shape index (κ3) is 13.4. The lowest BCUT2D eigenvalue weighted by Crippen LogP contribution is -2.17. The highest BCUT2D eigenvalue weighted by Crippen LogP contribution is 1.86. The number of carboxylic acid groups (broad SMARTS) is 4. The number of hydrogen-bond acceptors (Lipinski definition) is 6. The van der Waals surface area contributed by atoms with Gasteiger partial charge >= 0.3 is 23.9 Å². The number of carboxylic acids is 4. The molecule has 10 heteroatoms. The van der Waals surface area contributed by atoms with Gasteiger partial charge in [-0.15, -0.1) is 0 Å². The van der Waals surface area contributed by atoms with Crippen molar-refractivity contribution in [1.82, 2.24) is 0 Å². The van der Waals surface area contributed by atoms with Crippen molar-refractivity contribution < 1.29 is 44.8 Å². The van der Waals surface area contributed by atoms with Crippen LogP contribution in [0.25, 0.3) is 0 Å². The lowest BCUT2D eigenvalue weighted by atomic mass is 10.3. The van der Waals surface area contributed by atoms with E-state index in [-0.39, 0.29) is 12.8 Å². The monoisotopic (exact) mass is 265 g/mol. The number of carbonyl (C=O) groups is 4. The second-order valence-corrected chi connectivity index (χ2v) is 2.71. The molecule has 0 aliphatic rings. The summed E-state index contributed by atoms with van der Waals surface area (Å²) in [5.74, 6) is -5.04. The molecular weight excluding hydrogens is 254 g/mol. The van der Waals surface area contributed by atoms with E-state index in [4.69, 9.17) is 25.6 Å². The Kier molecular flexibility index (Phi) is 9.43. The average Bonchev–Trinajstić information content (AvgIpc) is 2.23. The van der Waals surface area contributed by atoms with Crippen molar-refractivity contribution in [3.05, 3.63) is 0 Å². The summed E-state index contributed by atoms with van der Waals surface area (Å²) < 4.78 is 0. The summed E-state index contributed by atoms with van der Waals surface area (Å²) in [6.45, 7) is 0. The normalized spacial score (nSPS) is 9.89. The van der Waals surface area contributed by atoms with E-state index in [2.05, 4.69) is 5.16 Å². The fraction of sp³-hybridized carbons (Fsp3) is 0.375. The highest BCUT2D eigenvalue weighted by atomic mass is 16.4. The second kappa shape index (κ2) is 9.57. The molecule has 102 valence electrons. The molecule has 0 radical (unpaired) electrons. The van der Waals surface area contributed by atoms with Crippen LogP contribution in [0.3, 0.4) is 0 Å². The van der Waals surface area contributed by atoms with Crippen LogP contribution in [0.1, 0.15) is 19.3 Å². The zero-order chi connectivity index (χ0) is 14.7. The number of aliphatic carboxylic acids is 4. The molecule has 0 aliphatic heterocycles. The van der Waals surface area contributed by atoms with Gasteiger partial charge in [0.2, 0.25) is 0 Å². The molecular formula is C8H11NO9. The van der Waals surface area contributed by atoms with Gasteiger partial charge in [0, 0.05) is 0 Å². The molecule has 5 N–H and O–H groups in total. The predicted octanol–water partition coefficient (Wildman–Crippen LogP) is -0.688. The van der Waals surface area contributed by atoms with Crippen LogP contribution in [0, 0.1) is 0 Å². The van der Waals surface area contributed by atoms with E-state index in [1.54, 1.807) is 0 Å². The Morgan fingerprint density at radius 1 is 0.778 bits per heavy atom. The fourth-order valence-electron chi connectivity index (χ4n) is 0.511. The van der Waals surface area contributed by atoms with E-state index < -0.39 is 36.0 Å². The molecule has 0 bridgehead atoms. The lowest BCUT2D eigenvalue weighted by Gasteiger charge is -1.90. The zero-order valence-corrected chi connectivity index (χ0v) is 8.94. The Labute approximate surface area is 99.8 Å². The Bertz CT molecular complexity index is 346. The Balaban J connectivity index is 0. The van der Waals surface area contributed by atoms with Crippen LogP contribution in [0.5, 0.6) is 0 Å². The molecule has 0 saturated heterocycles. The van der Waals surface area contributed by atoms with E-state index >= 15 is 0 Å². The first kappa shape index (κ1) is 17.7. The van der Waals surface area contributed by atoms with Crippen molar-refractivity contribution in [3.8, 4) is 0 Å². The van der Waals surface area contributed by atoms with Gasteiger partial charge in [-0.25, -0.2) is 4.79 Å². The third-order valence-corrected chi connectivity index (χ3v) is 1.24. The minimum atomic E-state index is -1.54. The van der Waals surface area contributed by atoms with E-state index in [1.165, 1.54) is 0 Å². The van der Waals surface area contributed by atoms with Crippen LogP contribution in [0.2, 0.25) is 0 Å². The Morgan fingerprint density at radius 2 is 1.17 bits per heavy atom. The summed E-state index contributed by atoms with van der Waals surface area (Å²) in [7, 11) is 0. The van der Waals surface area contributed by atoms with Crippen LogP contribution in [-0.4, -0.2) is 55.2 Å². The Morgan fingerprint density at radius 3 is 1.28 bits per heavy atom. The van der Waals surface area contributed by atoms with Gasteiger partial charge in [-0.3, -0.25) is 14.4 Å². The Hall–Kier alpha value is -2.65.